The number of hydrogen-bond acceptors (Lipinski definition) is 7. The van der Waals surface area contributed by atoms with Crippen LogP contribution in [0, 0.1) is 0 Å². The van der Waals surface area contributed by atoms with Gasteiger partial charge in [-0.05, 0) is 51.0 Å². The molecule has 2 N–H and O–H groups in total. The number of rotatable bonds is 7. The van der Waals surface area contributed by atoms with Gasteiger partial charge in [0.25, 0.3) is 11.8 Å². The number of amides is 2. The third-order valence-electron chi connectivity index (χ3n) is 4.27. The number of carbonyl (C=O) groups is 2. The van der Waals surface area contributed by atoms with Gasteiger partial charge < -0.3 is 14.4 Å². The standard InChI is InChI=1S/C19H23ClN4O4S/c1-3-27-13-6-8-14(9-7-13)28-12(2)17(25)22-23-18(26)15-16(20)21-19(29-15)24-10-4-5-11-24/h6-9,12H,3-5,10-11H2,1-2H3,(H,22,25)(H,23,26)/t12-/m1/s1. The van der Waals surface area contributed by atoms with E-state index in [1.807, 2.05) is 6.92 Å². The number of aromatic nitrogens is 1. The molecule has 2 heterocycles. The van der Waals surface area contributed by atoms with Crippen LogP contribution in [0.3, 0.4) is 0 Å². The first-order valence-electron chi connectivity index (χ1n) is 9.39. The van der Waals surface area contributed by atoms with Gasteiger partial charge in [-0.15, -0.1) is 0 Å². The van der Waals surface area contributed by atoms with Gasteiger partial charge in [0, 0.05) is 13.1 Å². The summed E-state index contributed by atoms with van der Waals surface area (Å²) in [5, 5.41) is 0.846. The van der Waals surface area contributed by atoms with Crippen LogP contribution in [0.5, 0.6) is 11.5 Å². The van der Waals surface area contributed by atoms with E-state index < -0.39 is 17.9 Å². The van der Waals surface area contributed by atoms with Crippen molar-refractivity contribution in [1.29, 1.82) is 0 Å². The molecule has 29 heavy (non-hydrogen) atoms. The normalized spacial score (nSPS) is 14.4. The molecule has 1 aliphatic heterocycles. The summed E-state index contributed by atoms with van der Waals surface area (Å²) in [5.41, 5.74) is 4.72. The quantitative estimate of drug-likeness (QED) is 0.645. The molecular formula is C19H23ClN4O4S. The highest BCUT2D eigenvalue weighted by atomic mass is 35.5. The van der Waals surface area contributed by atoms with Crippen molar-refractivity contribution in [2.75, 3.05) is 24.6 Å². The van der Waals surface area contributed by atoms with Gasteiger partial charge in [-0.1, -0.05) is 22.9 Å². The zero-order chi connectivity index (χ0) is 20.8. The maximum Gasteiger partial charge on any atom is 0.283 e. The zero-order valence-electron chi connectivity index (χ0n) is 16.2. The number of ether oxygens (including phenoxy) is 2. The Morgan fingerprint density at radius 3 is 2.52 bits per heavy atom. The fraction of sp³-hybridized carbons (Fsp3) is 0.421. The van der Waals surface area contributed by atoms with Crippen LogP contribution < -0.4 is 25.2 Å². The second-order valence-corrected chi connectivity index (χ2v) is 7.75. The summed E-state index contributed by atoms with van der Waals surface area (Å²) in [5.74, 6) is 0.231. The van der Waals surface area contributed by atoms with Gasteiger partial charge in [-0.25, -0.2) is 4.98 Å². The van der Waals surface area contributed by atoms with Crippen molar-refractivity contribution in [3.05, 3.63) is 34.3 Å². The van der Waals surface area contributed by atoms with Crippen LogP contribution in [0.15, 0.2) is 24.3 Å². The molecule has 2 amide bonds. The van der Waals surface area contributed by atoms with E-state index in [1.54, 1.807) is 31.2 Å². The molecule has 1 aliphatic rings. The van der Waals surface area contributed by atoms with Crippen LogP contribution >= 0.6 is 22.9 Å². The van der Waals surface area contributed by atoms with Gasteiger partial charge in [-0.2, -0.15) is 0 Å². The smallest absolute Gasteiger partial charge is 0.283 e. The minimum Gasteiger partial charge on any atom is -0.494 e. The van der Waals surface area contributed by atoms with E-state index in [9.17, 15) is 9.59 Å². The van der Waals surface area contributed by atoms with Gasteiger partial charge >= 0.3 is 0 Å². The Labute approximate surface area is 178 Å². The molecule has 0 radical (unpaired) electrons. The number of hydrogen-bond donors (Lipinski definition) is 2. The molecule has 0 aliphatic carbocycles. The minimum atomic E-state index is -0.815. The number of carbonyl (C=O) groups excluding carboxylic acids is 2. The first-order chi connectivity index (χ1) is 14.0. The maximum absolute atomic E-state index is 12.4. The Kier molecular flexibility index (Phi) is 7.16. The molecule has 3 rings (SSSR count). The molecule has 1 fully saturated rings. The average molecular weight is 439 g/mol. The van der Waals surface area contributed by atoms with Crippen molar-refractivity contribution in [3.8, 4) is 11.5 Å². The van der Waals surface area contributed by atoms with Gasteiger partial charge in [0.1, 0.15) is 16.4 Å². The summed E-state index contributed by atoms with van der Waals surface area (Å²) in [4.78, 5) is 31.2. The molecule has 0 unspecified atom stereocenters. The molecule has 8 nitrogen and oxygen atoms in total. The number of thiazole rings is 1. The lowest BCUT2D eigenvalue weighted by atomic mass is 10.3. The Morgan fingerprint density at radius 2 is 1.86 bits per heavy atom. The molecular weight excluding hydrogens is 416 g/mol. The van der Waals surface area contributed by atoms with Gasteiger partial charge in [0.2, 0.25) is 0 Å². The lowest BCUT2D eigenvalue weighted by Crippen LogP contribution is -2.47. The topological polar surface area (TPSA) is 92.8 Å². The molecule has 0 bridgehead atoms. The predicted molar refractivity (Wildman–Crippen MR) is 112 cm³/mol. The van der Waals surface area contributed by atoms with Crippen molar-refractivity contribution in [2.24, 2.45) is 0 Å². The number of nitrogens with zero attached hydrogens (tertiary/aromatic N) is 2. The highest BCUT2D eigenvalue weighted by Gasteiger charge is 2.23. The largest absolute Gasteiger partial charge is 0.494 e. The summed E-state index contributed by atoms with van der Waals surface area (Å²) in [7, 11) is 0. The van der Waals surface area contributed by atoms with Crippen LogP contribution in [0.1, 0.15) is 36.4 Å². The number of anilines is 1. The van der Waals surface area contributed by atoms with E-state index in [2.05, 4.69) is 20.7 Å². The van der Waals surface area contributed by atoms with Crippen LogP contribution in [-0.2, 0) is 4.79 Å². The first-order valence-corrected chi connectivity index (χ1v) is 10.6. The molecule has 1 aromatic carbocycles. The van der Waals surface area contributed by atoms with Crippen LogP contribution in [0.25, 0.3) is 0 Å². The SMILES string of the molecule is CCOc1ccc(O[C@H](C)C(=O)NNC(=O)c2sc(N3CCCC3)nc2Cl)cc1. The molecule has 0 spiro atoms. The van der Waals surface area contributed by atoms with Gasteiger partial charge in [-0.3, -0.25) is 20.4 Å². The third kappa shape index (κ3) is 5.51. The summed E-state index contributed by atoms with van der Waals surface area (Å²) in [6.45, 7) is 5.87. The molecule has 1 saturated heterocycles. The highest BCUT2D eigenvalue weighted by molar-refractivity contribution is 7.18. The van der Waals surface area contributed by atoms with E-state index >= 15 is 0 Å². The average Bonchev–Trinajstić information content (AvgIpc) is 3.37. The number of halogens is 1. The van der Waals surface area contributed by atoms with Crippen molar-refractivity contribution in [2.45, 2.75) is 32.8 Å². The Morgan fingerprint density at radius 1 is 1.21 bits per heavy atom. The fourth-order valence-corrected chi connectivity index (χ4v) is 4.03. The molecule has 1 atom stereocenters. The van der Waals surface area contributed by atoms with Crippen molar-refractivity contribution in [1.82, 2.24) is 15.8 Å². The van der Waals surface area contributed by atoms with Crippen molar-refractivity contribution >= 4 is 39.9 Å². The van der Waals surface area contributed by atoms with E-state index in [4.69, 9.17) is 21.1 Å². The van der Waals surface area contributed by atoms with E-state index in [0.717, 1.165) is 36.8 Å². The Hall–Kier alpha value is -2.52. The van der Waals surface area contributed by atoms with E-state index in [1.165, 1.54) is 11.3 Å². The predicted octanol–water partition coefficient (Wildman–Crippen LogP) is 3.02. The number of benzene rings is 1. The second-order valence-electron chi connectivity index (χ2n) is 6.42. The lowest BCUT2D eigenvalue weighted by Gasteiger charge is -2.15. The fourth-order valence-electron chi connectivity index (χ4n) is 2.79. The highest BCUT2D eigenvalue weighted by Crippen LogP contribution is 2.31. The minimum absolute atomic E-state index is 0.127. The summed E-state index contributed by atoms with van der Waals surface area (Å²) >= 11 is 7.31. The van der Waals surface area contributed by atoms with E-state index in [0.29, 0.717) is 12.4 Å². The number of nitrogens with one attached hydrogen (secondary N) is 2. The monoisotopic (exact) mass is 438 g/mol. The van der Waals surface area contributed by atoms with Crippen LogP contribution in [0.4, 0.5) is 5.13 Å². The molecule has 0 saturated carbocycles. The second kappa shape index (κ2) is 9.80. The van der Waals surface area contributed by atoms with Gasteiger partial charge in [0.05, 0.1) is 6.61 Å². The maximum atomic E-state index is 12.4. The molecule has 156 valence electrons. The zero-order valence-corrected chi connectivity index (χ0v) is 17.8. The van der Waals surface area contributed by atoms with Crippen LogP contribution in [0.2, 0.25) is 5.15 Å². The first kappa shape index (κ1) is 21.2. The summed E-state index contributed by atoms with van der Waals surface area (Å²) < 4.78 is 10.9. The molecule has 1 aromatic heterocycles. The molecule has 10 heteroatoms. The van der Waals surface area contributed by atoms with Gasteiger partial charge in [0.15, 0.2) is 16.4 Å². The molecule has 2 aromatic rings. The van der Waals surface area contributed by atoms with Crippen molar-refractivity contribution < 1.29 is 19.1 Å². The lowest BCUT2D eigenvalue weighted by molar-refractivity contribution is -0.128. The Bertz CT molecular complexity index is 852. The summed E-state index contributed by atoms with van der Waals surface area (Å²) in [6.07, 6.45) is 1.38. The van der Waals surface area contributed by atoms with Crippen LogP contribution in [-0.4, -0.2) is 42.6 Å². The van der Waals surface area contributed by atoms with E-state index in [-0.39, 0.29) is 10.0 Å². The number of hydrazine groups is 1. The summed E-state index contributed by atoms with van der Waals surface area (Å²) in [6, 6.07) is 6.94. The van der Waals surface area contributed by atoms with Crippen molar-refractivity contribution in [3.63, 3.8) is 0 Å². The third-order valence-corrected chi connectivity index (χ3v) is 5.77. The Balaban J connectivity index is 1.51.